The fourth-order valence-corrected chi connectivity index (χ4v) is 3.80. The van der Waals surface area contributed by atoms with Crippen LogP contribution in [0.15, 0.2) is 14.3 Å². The normalized spacial score (nSPS) is 14.6. The molecule has 1 heterocycles. The van der Waals surface area contributed by atoms with Crippen molar-refractivity contribution in [1.82, 2.24) is 5.32 Å². The van der Waals surface area contributed by atoms with Crippen LogP contribution in [0.2, 0.25) is 0 Å². The average molecular weight is 434 g/mol. The molecule has 0 fully saturated rings. The summed E-state index contributed by atoms with van der Waals surface area (Å²) in [6, 6.07) is 2.00. The highest BCUT2D eigenvalue weighted by atomic mass is 79.9. The van der Waals surface area contributed by atoms with E-state index in [1.165, 1.54) is 11.3 Å². The molecule has 0 saturated heterocycles. The van der Waals surface area contributed by atoms with Crippen LogP contribution < -0.4 is 5.32 Å². The second kappa shape index (κ2) is 6.52. The Morgan fingerprint density at radius 1 is 1.50 bits per heavy atom. The molecule has 2 unspecified atom stereocenters. The molecule has 0 saturated carbocycles. The first-order chi connectivity index (χ1) is 7.40. The van der Waals surface area contributed by atoms with Gasteiger partial charge in [0.2, 0.25) is 0 Å². The number of hydrogen-bond acceptors (Lipinski definition) is 2. The van der Waals surface area contributed by atoms with Crippen molar-refractivity contribution in [3.63, 3.8) is 0 Å². The Kier molecular flexibility index (Phi) is 5.98. The first kappa shape index (κ1) is 14.7. The Morgan fingerprint density at radius 2 is 2.12 bits per heavy atom. The van der Waals surface area contributed by atoms with Gasteiger partial charge in [0.05, 0.1) is 8.66 Å². The third kappa shape index (κ3) is 4.47. The molecule has 0 spiro atoms. The Labute approximate surface area is 125 Å². The molecule has 1 aromatic heterocycles. The fraction of sp³-hybridized carbons (Fsp3) is 0.500. The summed E-state index contributed by atoms with van der Waals surface area (Å²) >= 11 is 11.6. The Balaban J connectivity index is 2.58. The highest BCUT2D eigenvalue weighted by molar-refractivity contribution is 9.13. The van der Waals surface area contributed by atoms with E-state index in [4.69, 9.17) is 0 Å². The lowest BCUT2D eigenvalue weighted by molar-refractivity contribution is 0.0943. The molecule has 0 radical (unpaired) electrons. The van der Waals surface area contributed by atoms with Gasteiger partial charge in [0.25, 0.3) is 5.91 Å². The summed E-state index contributed by atoms with van der Waals surface area (Å²) in [5.74, 6) is -0.0166. The smallest absolute Gasteiger partial charge is 0.261 e. The molecule has 0 bridgehead atoms. The van der Waals surface area contributed by atoms with E-state index in [0.717, 1.165) is 14.7 Å². The van der Waals surface area contributed by atoms with E-state index in [0.29, 0.717) is 9.70 Å². The summed E-state index contributed by atoms with van der Waals surface area (Å²) in [5, 5.41) is 2.97. The SMILES string of the molecule is CC(Br)CC(C)NC(=O)c1cc(Br)c(Br)s1. The lowest BCUT2D eigenvalue weighted by atomic mass is 10.2. The summed E-state index contributed by atoms with van der Waals surface area (Å²) in [6.07, 6.45) is 0.916. The zero-order valence-electron chi connectivity index (χ0n) is 8.89. The number of nitrogens with one attached hydrogen (secondary N) is 1. The molecule has 1 N–H and O–H groups in total. The molecule has 2 nitrogen and oxygen atoms in total. The standard InChI is InChI=1S/C10H12Br3NOS/c1-5(11)3-6(2)14-10(15)8-4-7(12)9(13)16-8/h4-6H,3H2,1-2H3,(H,14,15). The quantitative estimate of drug-likeness (QED) is 0.692. The number of carbonyl (C=O) groups is 1. The lowest BCUT2D eigenvalue weighted by Gasteiger charge is -2.14. The van der Waals surface area contributed by atoms with Crippen molar-refractivity contribution >= 4 is 65.0 Å². The second-order valence-corrected chi connectivity index (χ2v) is 8.41. The monoisotopic (exact) mass is 431 g/mol. The Bertz CT molecular complexity index is 359. The van der Waals surface area contributed by atoms with Gasteiger partial charge in [0, 0.05) is 15.3 Å². The van der Waals surface area contributed by atoms with Crippen LogP contribution in [0.4, 0.5) is 0 Å². The molecule has 0 aromatic carbocycles. The molecule has 90 valence electrons. The predicted octanol–water partition coefficient (Wildman–Crippen LogP) is 4.56. The largest absolute Gasteiger partial charge is 0.349 e. The molecule has 1 rings (SSSR count). The van der Waals surface area contributed by atoms with E-state index in [1.54, 1.807) is 0 Å². The minimum atomic E-state index is -0.0166. The maximum absolute atomic E-state index is 11.8. The molecular weight excluding hydrogens is 422 g/mol. The number of carbonyl (C=O) groups excluding carboxylic acids is 1. The zero-order chi connectivity index (χ0) is 12.3. The molecule has 1 amide bonds. The molecular formula is C10H12Br3NOS. The number of halogens is 3. The molecule has 0 aliphatic rings. The summed E-state index contributed by atoms with van der Waals surface area (Å²) in [6.45, 7) is 4.08. The van der Waals surface area contributed by atoms with Crippen LogP contribution in [0.3, 0.4) is 0 Å². The van der Waals surface area contributed by atoms with Crippen molar-refractivity contribution in [3.05, 3.63) is 19.2 Å². The van der Waals surface area contributed by atoms with Gasteiger partial charge in [-0.3, -0.25) is 4.79 Å². The molecule has 16 heavy (non-hydrogen) atoms. The van der Waals surface area contributed by atoms with Crippen LogP contribution in [0.5, 0.6) is 0 Å². The van der Waals surface area contributed by atoms with Crippen molar-refractivity contribution in [1.29, 1.82) is 0 Å². The fourth-order valence-electron chi connectivity index (χ4n) is 1.30. The highest BCUT2D eigenvalue weighted by Crippen LogP contribution is 2.32. The van der Waals surface area contributed by atoms with Gasteiger partial charge in [-0.15, -0.1) is 11.3 Å². The van der Waals surface area contributed by atoms with Crippen LogP contribution >= 0.6 is 59.1 Å². The van der Waals surface area contributed by atoms with Crippen LogP contribution in [0.25, 0.3) is 0 Å². The third-order valence-corrected chi connectivity index (χ3v) is 5.55. The maximum Gasteiger partial charge on any atom is 0.261 e. The Morgan fingerprint density at radius 3 is 2.56 bits per heavy atom. The molecule has 6 heteroatoms. The van der Waals surface area contributed by atoms with Gasteiger partial charge in [-0.2, -0.15) is 0 Å². The van der Waals surface area contributed by atoms with Crippen molar-refractivity contribution in [2.24, 2.45) is 0 Å². The van der Waals surface area contributed by atoms with E-state index >= 15 is 0 Å². The Hall–Kier alpha value is 0.610. The van der Waals surface area contributed by atoms with Gasteiger partial charge >= 0.3 is 0 Å². The molecule has 0 aliphatic heterocycles. The van der Waals surface area contributed by atoms with Gasteiger partial charge in [-0.1, -0.05) is 22.9 Å². The van der Waals surface area contributed by atoms with Crippen molar-refractivity contribution < 1.29 is 4.79 Å². The highest BCUT2D eigenvalue weighted by Gasteiger charge is 2.15. The van der Waals surface area contributed by atoms with E-state index in [-0.39, 0.29) is 11.9 Å². The minimum absolute atomic E-state index is 0.0166. The number of thiophene rings is 1. The van der Waals surface area contributed by atoms with Gasteiger partial charge in [-0.05, 0) is 51.3 Å². The molecule has 2 atom stereocenters. The minimum Gasteiger partial charge on any atom is -0.349 e. The average Bonchev–Trinajstić information content (AvgIpc) is 2.45. The van der Waals surface area contributed by atoms with Crippen LogP contribution in [0, 0.1) is 0 Å². The zero-order valence-corrected chi connectivity index (χ0v) is 14.5. The summed E-state index contributed by atoms with van der Waals surface area (Å²) in [5.41, 5.74) is 0. The van der Waals surface area contributed by atoms with E-state index in [1.807, 2.05) is 13.0 Å². The van der Waals surface area contributed by atoms with Crippen molar-refractivity contribution in [2.75, 3.05) is 0 Å². The van der Waals surface area contributed by atoms with E-state index in [2.05, 4.69) is 60.0 Å². The van der Waals surface area contributed by atoms with E-state index in [9.17, 15) is 4.79 Å². The third-order valence-electron chi connectivity index (χ3n) is 1.92. The number of rotatable bonds is 4. The predicted molar refractivity (Wildman–Crippen MR) is 79.7 cm³/mol. The van der Waals surface area contributed by atoms with Crippen LogP contribution in [0.1, 0.15) is 29.9 Å². The lowest BCUT2D eigenvalue weighted by Crippen LogP contribution is -2.33. The number of amides is 1. The summed E-state index contributed by atoms with van der Waals surface area (Å²) < 4.78 is 1.86. The van der Waals surface area contributed by atoms with Crippen LogP contribution in [-0.2, 0) is 0 Å². The van der Waals surface area contributed by atoms with Gasteiger partial charge in [-0.25, -0.2) is 0 Å². The maximum atomic E-state index is 11.8. The van der Waals surface area contributed by atoms with Gasteiger partial charge in [0.1, 0.15) is 0 Å². The molecule has 0 aliphatic carbocycles. The number of alkyl halides is 1. The summed E-state index contributed by atoms with van der Waals surface area (Å²) in [4.78, 5) is 13.0. The topological polar surface area (TPSA) is 29.1 Å². The second-order valence-electron chi connectivity index (χ2n) is 3.62. The van der Waals surface area contributed by atoms with Gasteiger partial charge < -0.3 is 5.32 Å². The summed E-state index contributed by atoms with van der Waals surface area (Å²) in [7, 11) is 0. The van der Waals surface area contributed by atoms with E-state index < -0.39 is 0 Å². The molecule has 1 aromatic rings. The first-order valence-electron chi connectivity index (χ1n) is 4.80. The van der Waals surface area contributed by atoms with Crippen molar-refractivity contribution in [2.45, 2.75) is 31.1 Å². The number of hydrogen-bond donors (Lipinski definition) is 1. The first-order valence-corrected chi connectivity index (χ1v) is 8.11. The van der Waals surface area contributed by atoms with Gasteiger partial charge in [0.15, 0.2) is 0 Å². The van der Waals surface area contributed by atoms with Crippen molar-refractivity contribution in [3.8, 4) is 0 Å². The van der Waals surface area contributed by atoms with Crippen LogP contribution in [-0.4, -0.2) is 16.8 Å².